The number of aliphatic hydroxyl groups is 1. The second-order valence-electron chi connectivity index (χ2n) is 2.33. The van der Waals surface area contributed by atoms with Gasteiger partial charge in [-0.05, 0) is 25.9 Å². The molecular weight excluding hydrogens is 195 g/mol. The molecule has 0 aliphatic rings. The van der Waals surface area contributed by atoms with Crippen molar-refractivity contribution in [1.82, 2.24) is 0 Å². The average molecular weight is 206 g/mol. The van der Waals surface area contributed by atoms with Crippen LogP contribution in [0.15, 0.2) is 0 Å². The molecule has 0 amide bonds. The van der Waals surface area contributed by atoms with E-state index >= 15 is 0 Å². The van der Waals surface area contributed by atoms with Crippen LogP contribution in [0.3, 0.4) is 0 Å². The van der Waals surface area contributed by atoms with Gasteiger partial charge in [0, 0.05) is 0 Å². The summed E-state index contributed by atoms with van der Waals surface area (Å²) >= 11 is 0. The molecule has 1 N–H and O–H groups in total. The first-order chi connectivity index (χ1) is 4.42. The van der Waals surface area contributed by atoms with Crippen molar-refractivity contribution in [3.05, 3.63) is 0 Å². The molecule has 0 aliphatic carbocycles. The first-order valence-electron chi connectivity index (χ1n) is 3.11. The molecule has 0 aromatic rings. The topological polar surface area (TPSA) is 83.4 Å². The molecule has 0 aromatic carbocycles. The van der Waals surface area contributed by atoms with Gasteiger partial charge in [0.2, 0.25) is 0 Å². The standard InChI is InChI=1S/C5H13O4P.Ca/c1-5(6)3-2-4-10(7,8)9;/h5-6H,2-4H2,1H3,(H2,7,8,9);/q;+2/p-2. The van der Waals surface area contributed by atoms with Crippen molar-refractivity contribution in [3.63, 3.8) is 0 Å². The van der Waals surface area contributed by atoms with Gasteiger partial charge in [0.15, 0.2) is 0 Å². The molecule has 1 unspecified atom stereocenters. The van der Waals surface area contributed by atoms with Crippen molar-refractivity contribution in [2.45, 2.75) is 25.9 Å². The molecule has 0 aliphatic heterocycles. The van der Waals surface area contributed by atoms with E-state index in [0.717, 1.165) is 0 Å². The molecule has 0 fully saturated rings. The van der Waals surface area contributed by atoms with Crippen LogP contribution in [-0.2, 0) is 4.57 Å². The van der Waals surface area contributed by atoms with Crippen molar-refractivity contribution in [1.29, 1.82) is 0 Å². The average Bonchev–Trinajstić information content (AvgIpc) is 1.59. The molecule has 0 aromatic heterocycles. The maximum atomic E-state index is 10.0. The van der Waals surface area contributed by atoms with Crippen LogP contribution in [0, 0.1) is 0 Å². The van der Waals surface area contributed by atoms with Crippen LogP contribution in [0.5, 0.6) is 0 Å². The van der Waals surface area contributed by atoms with Gasteiger partial charge in [-0.1, -0.05) is 7.60 Å². The Morgan fingerprint density at radius 1 is 1.55 bits per heavy atom. The zero-order valence-corrected chi connectivity index (χ0v) is 9.63. The van der Waals surface area contributed by atoms with E-state index in [-0.39, 0.29) is 50.3 Å². The Balaban J connectivity index is 0. The molecule has 4 nitrogen and oxygen atoms in total. The predicted octanol–water partition coefficient (Wildman–Crippen LogP) is -1.32. The van der Waals surface area contributed by atoms with Crippen molar-refractivity contribution in [2.24, 2.45) is 0 Å². The Morgan fingerprint density at radius 2 is 2.00 bits per heavy atom. The summed E-state index contributed by atoms with van der Waals surface area (Å²) in [5.41, 5.74) is 0. The van der Waals surface area contributed by atoms with Crippen LogP contribution in [-0.4, -0.2) is 55.1 Å². The molecule has 0 saturated heterocycles. The van der Waals surface area contributed by atoms with Crippen LogP contribution < -0.4 is 9.79 Å². The van der Waals surface area contributed by atoms with Crippen LogP contribution in [0.4, 0.5) is 0 Å². The van der Waals surface area contributed by atoms with Crippen molar-refractivity contribution >= 4 is 45.3 Å². The number of aliphatic hydroxyl groups excluding tert-OH is 1. The Kier molecular flexibility index (Phi) is 9.25. The van der Waals surface area contributed by atoms with Crippen LogP contribution in [0.2, 0.25) is 0 Å². The molecule has 62 valence electrons. The molecule has 6 heteroatoms. The summed E-state index contributed by atoms with van der Waals surface area (Å²) in [5.74, 6) is 0. The smallest absolute Gasteiger partial charge is 0.811 e. The first-order valence-corrected chi connectivity index (χ1v) is 4.84. The fourth-order valence-corrected chi connectivity index (χ4v) is 1.15. The fourth-order valence-electron chi connectivity index (χ4n) is 0.580. The van der Waals surface area contributed by atoms with Gasteiger partial charge >= 0.3 is 37.7 Å². The van der Waals surface area contributed by atoms with Gasteiger partial charge in [-0.15, -0.1) is 0 Å². The Hall–Kier alpha value is 1.37. The molecule has 1 atom stereocenters. The minimum Gasteiger partial charge on any atom is -0.811 e. The van der Waals surface area contributed by atoms with Gasteiger partial charge in [-0.2, -0.15) is 0 Å². The zero-order valence-electron chi connectivity index (χ0n) is 6.52. The Morgan fingerprint density at radius 3 is 2.27 bits per heavy atom. The van der Waals surface area contributed by atoms with Crippen LogP contribution in [0.1, 0.15) is 19.8 Å². The van der Waals surface area contributed by atoms with E-state index in [9.17, 15) is 14.4 Å². The number of rotatable bonds is 4. The summed E-state index contributed by atoms with van der Waals surface area (Å²) in [6, 6.07) is 0. The normalized spacial score (nSPS) is 13.8. The molecule has 11 heavy (non-hydrogen) atoms. The van der Waals surface area contributed by atoms with Gasteiger partial charge in [0.25, 0.3) is 0 Å². The van der Waals surface area contributed by atoms with Crippen molar-refractivity contribution in [2.75, 3.05) is 6.16 Å². The van der Waals surface area contributed by atoms with E-state index < -0.39 is 13.7 Å². The third-order valence-corrected chi connectivity index (χ3v) is 1.92. The van der Waals surface area contributed by atoms with E-state index in [1.807, 2.05) is 0 Å². The number of hydrogen-bond donors (Lipinski definition) is 1. The summed E-state index contributed by atoms with van der Waals surface area (Å²) in [4.78, 5) is 20.0. The largest absolute Gasteiger partial charge is 2.00 e. The van der Waals surface area contributed by atoms with Gasteiger partial charge in [-0.3, -0.25) is 0 Å². The summed E-state index contributed by atoms with van der Waals surface area (Å²) < 4.78 is 10.0. The molecule has 0 bridgehead atoms. The van der Waals surface area contributed by atoms with Gasteiger partial charge in [-0.25, -0.2) is 0 Å². The minimum atomic E-state index is -4.33. The summed E-state index contributed by atoms with van der Waals surface area (Å²) in [5, 5.41) is 8.66. The molecule has 0 rings (SSSR count). The maximum Gasteiger partial charge on any atom is 2.00 e. The Labute approximate surface area is 96.2 Å². The van der Waals surface area contributed by atoms with Crippen LogP contribution >= 0.6 is 7.60 Å². The third-order valence-electron chi connectivity index (χ3n) is 1.05. The SMILES string of the molecule is CC(O)CCCP(=O)([O-])[O-].[Ca+2]. The summed E-state index contributed by atoms with van der Waals surface area (Å²) in [6.07, 6.45) is -0.250. The van der Waals surface area contributed by atoms with Gasteiger partial charge < -0.3 is 19.5 Å². The minimum absolute atomic E-state index is 0. The molecule has 0 spiro atoms. The van der Waals surface area contributed by atoms with E-state index in [1.54, 1.807) is 6.92 Å². The molecule has 0 saturated carbocycles. The molecular formula is C5H11CaO4P. The monoisotopic (exact) mass is 206 g/mol. The molecule has 0 heterocycles. The number of hydrogen-bond acceptors (Lipinski definition) is 4. The summed E-state index contributed by atoms with van der Waals surface area (Å²) in [6.45, 7) is 1.56. The second-order valence-corrected chi connectivity index (χ2v) is 3.99. The van der Waals surface area contributed by atoms with Gasteiger partial charge in [0.1, 0.15) is 0 Å². The summed E-state index contributed by atoms with van der Waals surface area (Å²) in [7, 11) is -4.33. The van der Waals surface area contributed by atoms with E-state index in [4.69, 9.17) is 5.11 Å². The fraction of sp³-hybridized carbons (Fsp3) is 1.00. The zero-order chi connectivity index (χ0) is 8.20. The predicted molar refractivity (Wildman–Crippen MR) is 39.1 cm³/mol. The van der Waals surface area contributed by atoms with E-state index in [2.05, 4.69) is 0 Å². The van der Waals surface area contributed by atoms with E-state index in [0.29, 0.717) is 6.42 Å². The quantitative estimate of drug-likeness (QED) is 0.457. The third kappa shape index (κ3) is 14.2. The van der Waals surface area contributed by atoms with Crippen LogP contribution in [0.25, 0.3) is 0 Å². The molecule has 0 radical (unpaired) electrons. The maximum absolute atomic E-state index is 10.0. The van der Waals surface area contributed by atoms with Crippen molar-refractivity contribution < 1.29 is 19.5 Å². The van der Waals surface area contributed by atoms with E-state index in [1.165, 1.54) is 0 Å². The van der Waals surface area contributed by atoms with Crippen molar-refractivity contribution in [3.8, 4) is 0 Å². The second kappa shape index (κ2) is 6.84. The first kappa shape index (κ1) is 14.9. The van der Waals surface area contributed by atoms with Gasteiger partial charge in [0.05, 0.1) is 6.10 Å². The Bertz CT molecular complexity index is 132.